The summed E-state index contributed by atoms with van der Waals surface area (Å²) in [5, 5.41) is 27.9. The van der Waals surface area contributed by atoms with E-state index < -0.39 is 18.8 Å². The Bertz CT molecular complexity index is 299. The number of hydrogen-bond donors (Lipinski definition) is 3. The monoisotopic (exact) mass is 280 g/mol. The third kappa shape index (κ3) is 2.46. The van der Waals surface area contributed by atoms with E-state index in [1.807, 2.05) is 0 Å². The summed E-state index contributed by atoms with van der Waals surface area (Å²) in [6, 6.07) is 5.03. The van der Waals surface area contributed by atoms with Gasteiger partial charge in [0.15, 0.2) is 0 Å². The molecule has 0 amide bonds. The molecule has 0 fully saturated rings. The predicted molar refractivity (Wildman–Crippen MR) is 57.2 cm³/mol. The van der Waals surface area contributed by atoms with Crippen LogP contribution in [-0.2, 0) is 0 Å². The van der Waals surface area contributed by atoms with E-state index >= 15 is 0 Å². The number of aliphatic hydroxyl groups excluding tert-OH is 3. The number of halogens is 2. The zero-order valence-electron chi connectivity index (χ0n) is 7.19. The van der Waals surface area contributed by atoms with E-state index in [0.717, 1.165) is 0 Å². The van der Waals surface area contributed by atoms with Crippen LogP contribution in [0, 0.1) is 0 Å². The summed E-state index contributed by atoms with van der Waals surface area (Å²) in [6.07, 6.45) is -2.42. The first-order valence-electron chi connectivity index (χ1n) is 3.98. The molecule has 2 atom stereocenters. The van der Waals surface area contributed by atoms with Crippen LogP contribution < -0.4 is 0 Å². The fourth-order valence-corrected chi connectivity index (χ4v) is 2.09. The van der Waals surface area contributed by atoms with Crippen LogP contribution in [0.1, 0.15) is 11.7 Å². The maximum absolute atomic E-state index is 9.63. The number of benzene rings is 1. The minimum Gasteiger partial charge on any atom is -0.394 e. The van der Waals surface area contributed by atoms with Crippen LogP contribution in [-0.4, -0.2) is 28.0 Å². The van der Waals surface area contributed by atoms with Gasteiger partial charge in [0.1, 0.15) is 12.2 Å². The van der Waals surface area contributed by atoms with Gasteiger partial charge < -0.3 is 15.3 Å². The molecule has 3 N–H and O–H groups in total. The second kappa shape index (κ2) is 5.09. The number of rotatable bonds is 3. The Labute approximate surface area is 95.1 Å². The van der Waals surface area contributed by atoms with E-state index in [2.05, 4.69) is 15.9 Å². The quantitative estimate of drug-likeness (QED) is 0.787. The lowest BCUT2D eigenvalue weighted by molar-refractivity contribution is -0.0155. The Morgan fingerprint density at radius 3 is 2.50 bits per heavy atom. The lowest BCUT2D eigenvalue weighted by atomic mass is 10.1. The smallest absolute Gasteiger partial charge is 0.110 e. The van der Waals surface area contributed by atoms with E-state index in [1.54, 1.807) is 18.2 Å². The molecule has 1 aromatic rings. The molecule has 78 valence electrons. The zero-order valence-corrected chi connectivity index (χ0v) is 9.53. The topological polar surface area (TPSA) is 60.7 Å². The molecule has 0 aliphatic carbocycles. The Hall–Kier alpha value is -0.130. The second-order valence-corrected chi connectivity index (χ2v) is 4.09. The first-order chi connectivity index (χ1) is 6.57. The standard InChI is InChI=1S/C9H10BrClO3/c10-5-2-1-3-6(11)8(5)9(14)7(13)4-12/h1-3,7,9,12-14H,4H2. The summed E-state index contributed by atoms with van der Waals surface area (Å²) in [5.74, 6) is 0. The molecule has 2 unspecified atom stereocenters. The molecule has 5 heteroatoms. The van der Waals surface area contributed by atoms with Crippen LogP contribution in [0.15, 0.2) is 22.7 Å². The van der Waals surface area contributed by atoms with Gasteiger partial charge in [-0.3, -0.25) is 0 Å². The van der Waals surface area contributed by atoms with Crippen molar-refractivity contribution in [2.24, 2.45) is 0 Å². The van der Waals surface area contributed by atoms with Crippen LogP contribution in [0.25, 0.3) is 0 Å². The highest BCUT2D eigenvalue weighted by atomic mass is 79.9. The van der Waals surface area contributed by atoms with E-state index in [-0.39, 0.29) is 0 Å². The van der Waals surface area contributed by atoms with Crippen LogP contribution in [0.4, 0.5) is 0 Å². The first kappa shape index (κ1) is 11.9. The van der Waals surface area contributed by atoms with Crippen molar-refractivity contribution in [3.63, 3.8) is 0 Å². The van der Waals surface area contributed by atoms with Crippen molar-refractivity contribution in [1.29, 1.82) is 0 Å². The second-order valence-electron chi connectivity index (χ2n) is 2.83. The van der Waals surface area contributed by atoms with Gasteiger partial charge in [-0.1, -0.05) is 33.6 Å². The average Bonchev–Trinajstić information content (AvgIpc) is 2.16. The summed E-state index contributed by atoms with van der Waals surface area (Å²) in [4.78, 5) is 0. The van der Waals surface area contributed by atoms with E-state index in [9.17, 15) is 10.2 Å². The van der Waals surface area contributed by atoms with Crippen molar-refractivity contribution >= 4 is 27.5 Å². The Morgan fingerprint density at radius 1 is 1.36 bits per heavy atom. The average molecular weight is 282 g/mol. The predicted octanol–water partition coefficient (Wildman–Crippen LogP) is 1.49. The molecule has 0 aliphatic heterocycles. The highest BCUT2D eigenvalue weighted by molar-refractivity contribution is 9.10. The molecule has 0 aromatic heterocycles. The van der Waals surface area contributed by atoms with Crippen molar-refractivity contribution < 1.29 is 15.3 Å². The largest absolute Gasteiger partial charge is 0.394 e. The van der Waals surface area contributed by atoms with Crippen molar-refractivity contribution in [1.82, 2.24) is 0 Å². The van der Waals surface area contributed by atoms with Gasteiger partial charge in [-0.15, -0.1) is 0 Å². The van der Waals surface area contributed by atoms with Gasteiger partial charge in [0.2, 0.25) is 0 Å². The first-order valence-corrected chi connectivity index (χ1v) is 5.16. The fraction of sp³-hybridized carbons (Fsp3) is 0.333. The van der Waals surface area contributed by atoms with Crippen molar-refractivity contribution in [3.05, 3.63) is 33.3 Å². The normalized spacial score (nSPS) is 15.2. The highest BCUT2D eigenvalue weighted by Crippen LogP contribution is 2.31. The lowest BCUT2D eigenvalue weighted by Crippen LogP contribution is -2.22. The zero-order chi connectivity index (χ0) is 10.7. The summed E-state index contributed by atoms with van der Waals surface area (Å²) >= 11 is 9.05. The maximum atomic E-state index is 9.63. The third-order valence-corrected chi connectivity index (χ3v) is 2.87. The molecule has 0 radical (unpaired) electrons. The van der Waals surface area contributed by atoms with Crippen LogP contribution in [0.3, 0.4) is 0 Å². The van der Waals surface area contributed by atoms with Gasteiger partial charge in [0.25, 0.3) is 0 Å². The minimum absolute atomic E-state index is 0.347. The summed E-state index contributed by atoms with van der Waals surface area (Å²) in [7, 11) is 0. The molecule has 0 spiro atoms. The van der Waals surface area contributed by atoms with E-state index in [0.29, 0.717) is 15.1 Å². The van der Waals surface area contributed by atoms with Crippen molar-refractivity contribution in [2.45, 2.75) is 12.2 Å². The number of aliphatic hydroxyl groups is 3. The molecule has 0 heterocycles. The van der Waals surface area contributed by atoms with Gasteiger partial charge in [0.05, 0.1) is 6.61 Å². The molecular weight excluding hydrogens is 271 g/mol. The van der Waals surface area contributed by atoms with Gasteiger partial charge >= 0.3 is 0 Å². The van der Waals surface area contributed by atoms with Crippen molar-refractivity contribution in [2.75, 3.05) is 6.61 Å². The molecule has 1 aromatic carbocycles. The Morgan fingerprint density at radius 2 is 2.00 bits per heavy atom. The van der Waals surface area contributed by atoms with Gasteiger partial charge in [-0.05, 0) is 12.1 Å². The fourth-order valence-electron chi connectivity index (χ4n) is 1.09. The SMILES string of the molecule is OCC(O)C(O)c1c(Cl)cccc1Br. The Balaban J connectivity index is 3.05. The highest BCUT2D eigenvalue weighted by Gasteiger charge is 2.22. The lowest BCUT2D eigenvalue weighted by Gasteiger charge is -2.18. The summed E-state index contributed by atoms with van der Waals surface area (Å²) in [5.41, 5.74) is 0.385. The van der Waals surface area contributed by atoms with Crippen LogP contribution in [0.5, 0.6) is 0 Å². The molecule has 0 aliphatic rings. The van der Waals surface area contributed by atoms with E-state index in [1.165, 1.54) is 0 Å². The van der Waals surface area contributed by atoms with Crippen molar-refractivity contribution in [3.8, 4) is 0 Å². The molecule has 0 saturated heterocycles. The summed E-state index contributed by atoms with van der Waals surface area (Å²) in [6.45, 7) is -0.515. The molecule has 0 saturated carbocycles. The van der Waals surface area contributed by atoms with Gasteiger partial charge in [-0.25, -0.2) is 0 Å². The maximum Gasteiger partial charge on any atom is 0.110 e. The molecular formula is C9H10BrClO3. The third-order valence-electron chi connectivity index (χ3n) is 1.85. The van der Waals surface area contributed by atoms with E-state index in [4.69, 9.17) is 16.7 Å². The molecule has 14 heavy (non-hydrogen) atoms. The molecule has 3 nitrogen and oxygen atoms in total. The molecule has 1 rings (SSSR count). The summed E-state index contributed by atoms with van der Waals surface area (Å²) < 4.78 is 0.602. The van der Waals surface area contributed by atoms with Gasteiger partial charge in [-0.2, -0.15) is 0 Å². The molecule has 0 bridgehead atoms. The van der Waals surface area contributed by atoms with Crippen LogP contribution >= 0.6 is 27.5 Å². The van der Waals surface area contributed by atoms with Crippen LogP contribution in [0.2, 0.25) is 5.02 Å². The number of hydrogen-bond acceptors (Lipinski definition) is 3. The van der Waals surface area contributed by atoms with Gasteiger partial charge in [0, 0.05) is 15.1 Å². The minimum atomic E-state index is -1.23. The Kier molecular flexibility index (Phi) is 4.34.